The Kier molecular flexibility index (Phi) is 0.724. The first kappa shape index (κ1) is 4.25. The summed E-state index contributed by atoms with van der Waals surface area (Å²) in [6, 6.07) is 0. The van der Waals surface area contributed by atoms with E-state index in [9.17, 15) is 0 Å². The molecule has 0 aromatic heterocycles. The number of thioether (sulfide) groups is 1. The third-order valence-corrected chi connectivity index (χ3v) is 3.86. The van der Waals surface area contributed by atoms with Crippen molar-refractivity contribution >= 4 is 11.8 Å². The molecule has 0 amide bonds. The van der Waals surface area contributed by atoms with E-state index in [0.717, 1.165) is 4.75 Å². The molecule has 0 aromatic carbocycles. The summed E-state index contributed by atoms with van der Waals surface area (Å²) in [5.41, 5.74) is 0. The summed E-state index contributed by atoms with van der Waals surface area (Å²) in [6.07, 6.45) is 6.08. The maximum absolute atomic E-state index is 2.19. The fraction of sp³-hybridized carbons (Fsp3) is 1.00. The standard InChI is InChI=1S/C6H10S/c1-2-6(3-1)4-5-7-6/h1-5H2. The van der Waals surface area contributed by atoms with E-state index >= 15 is 0 Å². The van der Waals surface area contributed by atoms with Gasteiger partial charge in [-0.2, -0.15) is 11.8 Å². The van der Waals surface area contributed by atoms with Gasteiger partial charge >= 0.3 is 0 Å². The van der Waals surface area contributed by atoms with Crippen molar-refractivity contribution < 1.29 is 0 Å². The van der Waals surface area contributed by atoms with Crippen LogP contribution in [0, 0.1) is 0 Å². The van der Waals surface area contributed by atoms with Crippen molar-refractivity contribution in [3.8, 4) is 0 Å². The van der Waals surface area contributed by atoms with E-state index in [-0.39, 0.29) is 0 Å². The third-order valence-electron chi connectivity index (χ3n) is 2.23. The van der Waals surface area contributed by atoms with Gasteiger partial charge in [-0.05, 0) is 25.0 Å². The van der Waals surface area contributed by atoms with Crippen LogP contribution in [0.1, 0.15) is 25.7 Å². The summed E-state index contributed by atoms with van der Waals surface area (Å²) in [5, 5.41) is 0. The van der Waals surface area contributed by atoms with Gasteiger partial charge in [-0.3, -0.25) is 0 Å². The highest BCUT2D eigenvalue weighted by molar-refractivity contribution is 8.02. The van der Waals surface area contributed by atoms with Crippen molar-refractivity contribution in [2.75, 3.05) is 5.75 Å². The van der Waals surface area contributed by atoms with Gasteiger partial charge in [-0.1, -0.05) is 6.42 Å². The van der Waals surface area contributed by atoms with Gasteiger partial charge in [0.15, 0.2) is 0 Å². The van der Waals surface area contributed by atoms with Gasteiger partial charge in [0.1, 0.15) is 0 Å². The van der Waals surface area contributed by atoms with Gasteiger partial charge in [-0.15, -0.1) is 0 Å². The SMILES string of the molecule is C1CC2(C1)CCS2. The average molecular weight is 114 g/mol. The molecule has 0 aromatic rings. The molecular weight excluding hydrogens is 104 g/mol. The maximum Gasteiger partial charge on any atom is 0.0168 e. The van der Waals surface area contributed by atoms with Gasteiger partial charge < -0.3 is 0 Å². The van der Waals surface area contributed by atoms with Crippen LogP contribution in [0.4, 0.5) is 0 Å². The van der Waals surface area contributed by atoms with Gasteiger partial charge in [0, 0.05) is 4.75 Å². The monoisotopic (exact) mass is 114 g/mol. The van der Waals surface area contributed by atoms with Gasteiger partial charge in [-0.25, -0.2) is 0 Å². The Hall–Kier alpha value is 0.350. The molecule has 0 radical (unpaired) electrons. The topological polar surface area (TPSA) is 0 Å². The van der Waals surface area contributed by atoms with Crippen LogP contribution < -0.4 is 0 Å². The van der Waals surface area contributed by atoms with E-state index in [2.05, 4.69) is 11.8 Å². The number of hydrogen-bond donors (Lipinski definition) is 0. The van der Waals surface area contributed by atoms with E-state index in [4.69, 9.17) is 0 Å². The highest BCUT2D eigenvalue weighted by atomic mass is 32.2. The van der Waals surface area contributed by atoms with Crippen LogP contribution in [0.2, 0.25) is 0 Å². The summed E-state index contributed by atoms with van der Waals surface area (Å²) in [4.78, 5) is 0. The first-order valence-corrected chi connectivity index (χ1v) is 4.04. The Morgan fingerprint density at radius 2 is 1.86 bits per heavy atom. The predicted molar refractivity (Wildman–Crippen MR) is 33.7 cm³/mol. The molecule has 40 valence electrons. The smallest absolute Gasteiger partial charge is 0.0168 e. The van der Waals surface area contributed by atoms with Crippen molar-refractivity contribution in [2.45, 2.75) is 30.4 Å². The molecule has 1 saturated heterocycles. The molecule has 0 atom stereocenters. The Balaban J connectivity index is 2.00. The predicted octanol–water partition coefficient (Wildman–Crippen LogP) is 2.05. The highest BCUT2D eigenvalue weighted by Gasteiger charge is 2.42. The largest absolute Gasteiger partial charge is 0.155 e. The zero-order valence-corrected chi connectivity index (χ0v) is 5.26. The van der Waals surface area contributed by atoms with Crippen LogP contribution in [0.15, 0.2) is 0 Å². The van der Waals surface area contributed by atoms with Gasteiger partial charge in [0.25, 0.3) is 0 Å². The molecule has 2 rings (SSSR count). The fourth-order valence-electron chi connectivity index (χ4n) is 1.36. The van der Waals surface area contributed by atoms with Crippen molar-refractivity contribution in [1.29, 1.82) is 0 Å². The minimum atomic E-state index is 0.861. The Morgan fingerprint density at radius 3 is 1.86 bits per heavy atom. The van der Waals surface area contributed by atoms with Crippen LogP contribution in [-0.4, -0.2) is 10.5 Å². The lowest BCUT2D eigenvalue weighted by Gasteiger charge is -2.48. The van der Waals surface area contributed by atoms with Crippen molar-refractivity contribution in [3.63, 3.8) is 0 Å². The van der Waals surface area contributed by atoms with Crippen LogP contribution in [-0.2, 0) is 0 Å². The van der Waals surface area contributed by atoms with Crippen molar-refractivity contribution in [1.82, 2.24) is 0 Å². The van der Waals surface area contributed by atoms with Crippen molar-refractivity contribution in [2.24, 2.45) is 0 Å². The second-order valence-corrected chi connectivity index (χ2v) is 4.20. The summed E-state index contributed by atoms with van der Waals surface area (Å²) < 4.78 is 0.861. The first-order chi connectivity index (χ1) is 3.41. The second-order valence-electron chi connectivity index (χ2n) is 2.64. The summed E-state index contributed by atoms with van der Waals surface area (Å²) in [5.74, 6) is 1.44. The van der Waals surface area contributed by atoms with Gasteiger partial charge in [0.05, 0.1) is 0 Å². The zero-order valence-electron chi connectivity index (χ0n) is 4.44. The summed E-state index contributed by atoms with van der Waals surface area (Å²) in [6.45, 7) is 0. The van der Waals surface area contributed by atoms with Crippen LogP contribution in [0.3, 0.4) is 0 Å². The molecule has 0 unspecified atom stereocenters. The molecule has 7 heavy (non-hydrogen) atoms. The molecule has 1 spiro atoms. The van der Waals surface area contributed by atoms with Crippen LogP contribution in [0.5, 0.6) is 0 Å². The normalized spacial score (nSPS) is 34.3. The van der Waals surface area contributed by atoms with Crippen LogP contribution >= 0.6 is 11.8 Å². The lowest BCUT2D eigenvalue weighted by molar-refractivity contribution is 0.334. The number of hydrogen-bond acceptors (Lipinski definition) is 1. The van der Waals surface area contributed by atoms with E-state index in [0.29, 0.717) is 0 Å². The lowest BCUT2D eigenvalue weighted by Crippen LogP contribution is -2.40. The molecular formula is C6H10S. The van der Waals surface area contributed by atoms with Crippen molar-refractivity contribution in [3.05, 3.63) is 0 Å². The molecule has 1 heteroatoms. The molecule has 1 heterocycles. The first-order valence-electron chi connectivity index (χ1n) is 3.05. The summed E-state index contributed by atoms with van der Waals surface area (Å²) in [7, 11) is 0. The minimum Gasteiger partial charge on any atom is -0.155 e. The molecule has 1 saturated carbocycles. The van der Waals surface area contributed by atoms with Gasteiger partial charge in [0.2, 0.25) is 0 Å². The molecule has 2 fully saturated rings. The van der Waals surface area contributed by atoms with E-state index in [1.54, 1.807) is 0 Å². The molecule has 0 N–H and O–H groups in total. The maximum atomic E-state index is 2.19. The van der Waals surface area contributed by atoms with Crippen LogP contribution in [0.25, 0.3) is 0 Å². The molecule has 0 nitrogen and oxygen atoms in total. The fourth-order valence-corrected chi connectivity index (χ4v) is 2.72. The van der Waals surface area contributed by atoms with E-state index < -0.39 is 0 Å². The summed E-state index contributed by atoms with van der Waals surface area (Å²) >= 11 is 2.19. The Bertz CT molecular complexity index is 64.7. The molecule has 1 aliphatic carbocycles. The highest BCUT2D eigenvalue weighted by Crippen LogP contribution is 2.54. The van der Waals surface area contributed by atoms with E-state index in [1.807, 2.05) is 0 Å². The molecule has 1 aliphatic heterocycles. The lowest BCUT2D eigenvalue weighted by atomic mass is 9.81. The quantitative estimate of drug-likeness (QED) is 0.464. The number of rotatable bonds is 0. The third kappa shape index (κ3) is 0.449. The zero-order chi connectivity index (χ0) is 4.74. The average Bonchev–Trinajstić information content (AvgIpc) is 1.20. The minimum absolute atomic E-state index is 0.861. The van der Waals surface area contributed by atoms with E-state index in [1.165, 1.54) is 31.4 Å². The molecule has 2 aliphatic rings. The second kappa shape index (κ2) is 1.19. The Morgan fingerprint density at radius 1 is 1.14 bits per heavy atom. The molecule has 0 bridgehead atoms. The Labute approximate surface area is 48.7 Å².